The fraction of sp³-hybridized carbons (Fsp3) is 0.458. The van der Waals surface area contributed by atoms with E-state index >= 15 is 0 Å². The number of benzene rings is 1. The molecule has 11 nitrogen and oxygen atoms in total. The minimum atomic E-state index is 0.258. The van der Waals surface area contributed by atoms with E-state index in [0.717, 1.165) is 57.7 Å². The molecule has 2 saturated heterocycles. The SMILES string of the molecule is N#Cc1cc(Nc2nc(NC3CC3)c3ncc(C#N)n3n2)c(Cl)c(N2CCC(NC3COC3)CC2)c1. The Kier molecular flexibility index (Phi) is 5.97. The molecule has 0 bridgehead atoms. The van der Waals surface area contributed by atoms with Gasteiger partial charge in [0.05, 0.1) is 53.5 Å². The van der Waals surface area contributed by atoms with Gasteiger partial charge in [0, 0.05) is 25.2 Å². The van der Waals surface area contributed by atoms with E-state index < -0.39 is 0 Å². The lowest BCUT2D eigenvalue weighted by molar-refractivity contribution is -0.0111. The van der Waals surface area contributed by atoms with Crippen LogP contribution in [0, 0.1) is 22.7 Å². The summed E-state index contributed by atoms with van der Waals surface area (Å²) in [6.07, 6.45) is 5.57. The van der Waals surface area contributed by atoms with Gasteiger partial charge in [0.2, 0.25) is 5.95 Å². The third-order valence-corrected chi connectivity index (χ3v) is 7.17. The predicted molar refractivity (Wildman–Crippen MR) is 135 cm³/mol. The Bertz CT molecular complexity index is 1380. The largest absolute Gasteiger partial charge is 0.378 e. The Hall–Kier alpha value is -3.64. The van der Waals surface area contributed by atoms with E-state index in [4.69, 9.17) is 16.3 Å². The molecule has 3 aromatic rings. The topological polar surface area (TPSA) is 139 Å². The number of hydrogen-bond acceptors (Lipinski definition) is 10. The van der Waals surface area contributed by atoms with Crippen LogP contribution in [-0.4, -0.2) is 64.0 Å². The molecule has 2 aromatic heterocycles. The molecule has 1 aliphatic carbocycles. The maximum absolute atomic E-state index is 9.70. The lowest BCUT2D eigenvalue weighted by Crippen LogP contribution is -2.53. The van der Waals surface area contributed by atoms with Crippen LogP contribution >= 0.6 is 11.6 Å². The van der Waals surface area contributed by atoms with Crippen molar-refractivity contribution in [1.82, 2.24) is 24.9 Å². The zero-order valence-corrected chi connectivity index (χ0v) is 20.3. The van der Waals surface area contributed by atoms with Gasteiger partial charge in [-0.05, 0) is 37.8 Å². The van der Waals surface area contributed by atoms with Crippen molar-refractivity contribution in [2.24, 2.45) is 0 Å². The van der Waals surface area contributed by atoms with Crippen LogP contribution in [0.25, 0.3) is 5.65 Å². The van der Waals surface area contributed by atoms with E-state index in [-0.39, 0.29) is 5.95 Å². The number of nitriles is 2. The van der Waals surface area contributed by atoms with Gasteiger partial charge in [0.15, 0.2) is 17.2 Å². The van der Waals surface area contributed by atoms with Crippen LogP contribution in [0.2, 0.25) is 5.02 Å². The third-order valence-electron chi connectivity index (χ3n) is 6.77. The fourth-order valence-electron chi connectivity index (χ4n) is 4.60. The molecular formula is C24H25ClN10O. The number of nitrogens with zero attached hydrogens (tertiary/aromatic N) is 7. The van der Waals surface area contributed by atoms with Gasteiger partial charge in [0.25, 0.3) is 0 Å². The molecule has 0 spiro atoms. The number of rotatable bonds is 7. The predicted octanol–water partition coefficient (Wildman–Crippen LogP) is 2.80. The van der Waals surface area contributed by atoms with Gasteiger partial charge in [0.1, 0.15) is 6.07 Å². The summed E-state index contributed by atoms with van der Waals surface area (Å²) in [4.78, 5) is 11.1. The first-order chi connectivity index (χ1) is 17.6. The normalized spacial score (nSPS) is 18.5. The first-order valence-corrected chi connectivity index (χ1v) is 12.5. The Labute approximate surface area is 213 Å². The van der Waals surface area contributed by atoms with Crippen LogP contribution in [0.1, 0.15) is 36.9 Å². The quantitative estimate of drug-likeness (QED) is 0.440. The number of ether oxygens (including phenoxy) is 1. The molecule has 6 rings (SSSR count). The van der Waals surface area contributed by atoms with E-state index in [9.17, 15) is 10.5 Å². The lowest BCUT2D eigenvalue weighted by atomic mass is 10.0. The van der Waals surface area contributed by atoms with E-state index in [1.165, 1.54) is 10.7 Å². The average molecular weight is 505 g/mol. The van der Waals surface area contributed by atoms with Crippen molar-refractivity contribution in [3.8, 4) is 12.1 Å². The molecular weight excluding hydrogens is 480 g/mol. The summed E-state index contributed by atoms with van der Waals surface area (Å²) in [5.41, 5.74) is 2.62. The number of nitrogens with one attached hydrogen (secondary N) is 3. The summed E-state index contributed by atoms with van der Waals surface area (Å²) in [6, 6.07) is 9.11. The number of imidazole rings is 1. The van der Waals surface area contributed by atoms with Gasteiger partial charge in [-0.3, -0.25) is 0 Å². The minimum Gasteiger partial charge on any atom is -0.378 e. The highest BCUT2D eigenvalue weighted by Gasteiger charge is 2.27. The summed E-state index contributed by atoms with van der Waals surface area (Å²) in [7, 11) is 0. The van der Waals surface area contributed by atoms with Gasteiger partial charge < -0.3 is 25.6 Å². The highest BCUT2D eigenvalue weighted by Crippen LogP contribution is 2.37. The standard InChI is InChI=1S/C24H25ClN10O/c25-21-19(31-24-32-22(30-15-1-2-15)23-28-11-18(10-27)35(23)33-24)7-14(9-26)8-20(21)34-5-3-16(4-6-34)29-17-12-36-13-17/h7-8,11,15-17,29H,1-6,12-13H2,(H2,30,31,32,33). The van der Waals surface area contributed by atoms with Crippen molar-refractivity contribution in [2.45, 2.75) is 43.8 Å². The summed E-state index contributed by atoms with van der Waals surface area (Å²) in [5.74, 6) is 0.810. The average Bonchev–Trinajstić information content (AvgIpc) is 3.59. The van der Waals surface area contributed by atoms with Gasteiger partial charge in [-0.25, -0.2) is 4.98 Å². The maximum atomic E-state index is 9.70. The molecule has 0 radical (unpaired) electrons. The van der Waals surface area contributed by atoms with Crippen molar-refractivity contribution in [2.75, 3.05) is 41.8 Å². The first-order valence-electron chi connectivity index (χ1n) is 12.1. The zero-order valence-electron chi connectivity index (χ0n) is 19.5. The van der Waals surface area contributed by atoms with Crippen molar-refractivity contribution < 1.29 is 4.74 Å². The van der Waals surface area contributed by atoms with E-state index in [1.54, 1.807) is 6.07 Å². The van der Waals surface area contributed by atoms with Crippen molar-refractivity contribution in [3.63, 3.8) is 0 Å². The Morgan fingerprint density at radius 3 is 2.50 bits per heavy atom. The zero-order chi connectivity index (χ0) is 24.6. The van der Waals surface area contributed by atoms with Crippen LogP contribution in [0.5, 0.6) is 0 Å². The molecule has 184 valence electrons. The van der Waals surface area contributed by atoms with E-state index in [0.29, 0.717) is 51.6 Å². The maximum Gasteiger partial charge on any atom is 0.247 e. The molecule has 0 atom stereocenters. The summed E-state index contributed by atoms with van der Waals surface area (Å²) in [5, 5.41) is 34.4. The molecule has 12 heteroatoms. The smallest absolute Gasteiger partial charge is 0.247 e. The molecule has 4 heterocycles. The van der Waals surface area contributed by atoms with Crippen LogP contribution in [0.15, 0.2) is 18.3 Å². The van der Waals surface area contributed by atoms with E-state index in [1.807, 2.05) is 6.07 Å². The van der Waals surface area contributed by atoms with Gasteiger partial charge in [-0.1, -0.05) is 11.6 Å². The minimum absolute atomic E-state index is 0.258. The Morgan fingerprint density at radius 2 is 1.83 bits per heavy atom. The molecule has 1 aromatic carbocycles. The molecule has 3 N–H and O–H groups in total. The number of aromatic nitrogens is 4. The van der Waals surface area contributed by atoms with Gasteiger partial charge in [-0.2, -0.15) is 20.0 Å². The number of hydrogen-bond donors (Lipinski definition) is 3. The molecule has 1 saturated carbocycles. The molecule has 0 amide bonds. The van der Waals surface area contributed by atoms with Crippen molar-refractivity contribution in [3.05, 3.63) is 34.6 Å². The third kappa shape index (κ3) is 4.49. The summed E-state index contributed by atoms with van der Waals surface area (Å²) in [6.45, 7) is 3.23. The Balaban J connectivity index is 1.27. The molecule has 36 heavy (non-hydrogen) atoms. The highest BCUT2D eigenvalue weighted by atomic mass is 35.5. The number of piperidine rings is 1. The first kappa shape index (κ1) is 22.8. The van der Waals surface area contributed by atoms with Crippen LogP contribution < -0.4 is 20.9 Å². The Morgan fingerprint density at radius 1 is 1.03 bits per heavy atom. The summed E-state index contributed by atoms with van der Waals surface area (Å²) >= 11 is 6.87. The van der Waals surface area contributed by atoms with Crippen LogP contribution in [0.4, 0.5) is 23.1 Å². The van der Waals surface area contributed by atoms with Crippen LogP contribution in [0.3, 0.4) is 0 Å². The lowest BCUT2D eigenvalue weighted by Gasteiger charge is -2.38. The molecule has 3 aliphatic rings. The van der Waals surface area contributed by atoms with Crippen molar-refractivity contribution in [1.29, 1.82) is 10.5 Å². The van der Waals surface area contributed by atoms with Crippen LogP contribution in [-0.2, 0) is 4.74 Å². The monoisotopic (exact) mass is 504 g/mol. The number of anilines is 4. The molecule has 3 fully saturated rings. The van der Waals surface area contributed by atoms with Crippen molar-refractivity contribution >= 4 is 40.4 Å². The summed E-state index contributed by atoms with van der Waals surface area (Å²) < 4.78 is 6.73. The highest BCUT2D eigenvalue weighted by molar-refractivity contribution is 6.36. The van der Waals surface area contributed by atoms with Gasteiger partial charge in [-0.15, -0.1) is 5.10 Å². The fourth-order valence-corrected chi connectivity index (χ4v) is 4.87. The second kappa shape index (κ2) is 9.43. The number of halogens is 1. The molecule has 0 unspecified atom stereocenters. The van der Waals surface area contributed by atoms with Gasteiger partial charge >= 0.3 is 0 Å². The molecule has 2 aliphatic heterocycles. The second-order valence-corrected chi connectivity index (χ2v) is 9.83. The van der Waals surface area contributed by atoms with E-state index in [2.05, 4.69) is 48.1 Å². The second-order valence-electron chi connectivity index (χ2n) is 9.45. The number of fused-ring (bicyclic) bond motifs is 1.